The van der Waals surface area contributed by atoms with Gasteiger partial charge in [0.1, 0.15) is 5.01 Å². The molecular weight excluding hydrogens is 366 g/mol. The lowest BCUT2D eigenvalue weighted by molar-refractivity contribution is 0.102. The number of carbonyl (C=O) groups excluding carboxylic acids is 1. The van der Waals surface area contributed by atoms with E-state index in [-0.39, 0.29) is 5.91 Å². The standard InChI is InChI=1S/C23H21N3OS/c1-15-14-17(24-22(27)16-8-11-18(12-9-16)26(2)3)10-13-19(15)23-25-20-6-4-5-7-21(20)28-23/h4-14H,1-3H3,(H,24,27). The van der Waals surface area contributed by atoms with Gasteiger partial charge in [-0.05, 0) is 67.1 Å². The normalized spacial score (nSPS) is 10.8. The van der Waals surface area contributed by atoms with Gasteiger partial charge in [0.2, 0.25) is 0 Å². The van der Waals surface area contributed by atoms with Crippen molar-refractivity contribution in [1.82, 2.24) is 4.98 Å². The largest absolute Gasteiger partial charge is 0.378 e. The molecule has 1 aromatic heterocycles. The summed E-state index contributed by atoms with van der Waals surface area (Å²) in [7, 11) is 3.95. The topological polar surface area (TPSA) is 45.2 Å². The average molecular weight is 388 g/mol. The average Bonchev–Trinajstić information content (AvgIpc) is 3.12. The zero-order valence-corrected chi connectivity index (χ0v) is 16.9. The van der Waals surface area contributed by atoms with E-state index in [1.54, 1.807) is 11.3 Å². The molecule has 140 valence electrons. The van der Waals surface area contributed by atoms with Crippen molar-refractivity contribution in [2.45, 2.75) is 6.92 Å². The van der Waals surface area contributed by atoms with E-state index in [4.69, 9.17) is 4.98 Å². The number of para-hydroxylation sites is 1. The minimum atomic E-state index is -0.113. The van der Waals surface area contributed by atoms with E-state index in [1.165, 1.54) is 4.70 Å². The molecule has 0 aliphatic carbocycles. The number of nitrogens with zero attached hydrogens (tertiary/aromatic N) is 2. The molecule has 1 heterocycles. The number of hydrogen-bond acceptors (Lipinski definition) is 4. The van der Waals surface area contributed by atoms with Crippen molar-refractivity contribution in [2.75, 3.05) is 24.3 Å². The number of thiazole rings is 1. The zero-order chi connectivity index (χ0) is 19.7. The summed E-state index contributed by atoms with van der Waals surface area (Å²) < 4.78 is 1.18. The van der Waals surface area contributed by atoms with Crippen LogP contribution in [0, 0.1) is 6.92 Å². The van der Waals surface area contributed by atoms with Crippen LogP contribution in [0.15, 0.2) is 66.7 Å². The molecule has 0 saturated carbocycles. The lowest BCUT2D eigenvalue weighted by Gasteiger charge is -2.13. The molecule has 0 spiro atoms. The third kappa shape index (κ3) is 3.62. The van der Waals surface area contributed by atoms with E-state index < -0.39 is 0 Å². The Labute approximate surface area is 168 Å². The summed E-state index contributed by atoms with van der Waals surface area (Å²) in [6.07, 6.45) is 0. The minimum absolute atomic E-state index is 0.113. The van der Waals surface area contributed by atoms with E-state index in [2.05, 4.69) is 11.4 Å². The molecule has 0 saturated heterocycles. The third-order valence-corrected chi connectivity index (χ3v) is 5.72. The predicted molar refractivity (Wildman–Crippen MR) is 119 cm³/mol. The van der Waals surface area contributed by atoms with Gasteiger partial charge < -0.3 is 10.2 Å². The van der Waals surface area contributed by atoms with Crippen molar-refractivity contribution in [1.29, 1.82) is 0 Å². The number of nitrogens with one attached hydrogen (secondary N) is 1. The molecule has 4 aromatic rings. The number of carbonyl (C=O) groups is 1. The van der Waals surface area contributed by atoms with Crippen LogP contribution >= 0.6 is 11.3 Å². The summed E-state index contributed by atoms with van der Waals surface area (Å²) in [6.45, 7) is 2.04. The number of fused-ring (bicyclic) bond motifs is 1. The van der Waals surface area contributed by atoms with Crippen LogP contribution in [0.1, 0.15) is 15.9 Å². The second-order valence-electron chi connectivity index (χ2n) is 6.91. The van der Waals surface area contributed by atoms with Gasteiger partial charge in [0, 0.05) is 36.6 Å². The monoisotopic (exact) mass is 387 g/mol. The Kier molecular flexibility index (Phi) is 4.84. The molecule has 0 aliphatic heterocycles. The van der Waals surface area contributed by atoms with Crippen molar-refractivity contribution in [3.63, 3.8) is 0 Å². The quantitative estimate of drug-likeness (QED) is 0.496. The van der Waals surface area contributed by atoms with E-state index >= 15 is 0 Å². The Bertz CT molecular complexity index is 1110. The molecule has 0 unspecified atom stereocenters. The molecule has 28 heavy (non-hydrogen) atoms. The molecule has 4 nitrogen and oxygen atoms in total. The first kappa shape index (κ1) is 18.2. The molecule has 4 rings (SSSR count). The molecule has 0 aliphatic rings. The highest BCUT2D eigenvalue weighted by molar-refractivity contribution is 7.21. The molecule has 1 amide bonds. The molecule has 0 radical (unpaired) electrons. The Hall–Kier alpha value is -3.18. The molecule has 0 fully saturated rings. The summed E-state index contributed by atoms with van der Waals surface area (Å²) in [5.74, 6) is -0.113. The summed E-state index contributed by atoms with van der Waals surface area (Å²) >= 11 is 1.68. The van der Waals surface area contributed by atoms with Crippen molar-refractivity contribution in [3.8, 4) is 10.6 Å². The number of aryl methyl sites for hydroxylation is 1. The highest BCUT2D eigenvalue weighted by Crippen LogP contribution is 2.33. The first-order valence-corrected chi connectivity index (χ1v) is 9.88. The summed E-state index contributed by atoms with van der Waals surface area (Å²) in [4.78, 5) is 19.3. The van der Waals surface area contributed by atoms with Crippen molar-refractivity contribution < 1.29 is 4.79 Å². The Morgan fingerprint density at radius 3 is 2.43 bits per heavy atom. The van der Waals surface area contributed by atoms with Gasteiger partial charge in [0.25, 0.3) is 5.91 Å². The number of benzene rings is 3. The number of anilines is 2. The van der Waals surface area contributed by atoms with E-state index in [1.807, 2.05) is 86.6 Å². The minimum Gasteiger partial charge on any atom is -0.378 e. The van der Waals surface area contributed by atoms with Crippen molar-refractivity contribution >= 4 is 38.8 Å². The van der Waals surface area contributed by atoms with Crippen molar-refractivity contribution in [3.05, 3.63) is 77.9 Å². The number of aromatic nitrogens is 1. The second kappa shape index (κ2) is 7.44. The van der Waals surface area contributed by atoms with Gasteiger partial charge >= 0.3 is 0 Å². The van der Waals surface area contributed by atoms with Gasteiger partial charge in [-0.1, -0.05) is 12.1 Å². The van der Waals surface area contributed by atoms with Gasteiger partial charge in [-0.2, -0.15) is 0 Å². The molecular formula is C23H21N3OS. The van der Waals surface area contributed by atoms with Gasteiger partial charge in [-0.3, -0.25) is 4.79 Å². The van der Waals surface area contributed by atoms with Crippen LogP contribution in [-0.4, -0.2) is 25.0 Å². The number of rotatable bonds is 4. The summed E-state index contributed by atoms with van der Waals surface area (Å²) in [5.41, 5.74) is 5.67. The fourth-order valence-electron chi connectivity index (χ4n) is 3.08. The van der Waals surface area contributed by atoms with E-state index in [9.17, 15) is 4.79 Å². The van der Waals surface area contributed by atoms with Crippen LogP contribution in [0.4, 0.5) is 11.4 Å². The SMILES string of the molecule is Cc1cc(NC(=O)c2ccc(N(C)C)cc2)ccc1-c1nc2ccccc2s1. The van der Waals surface area contributed by atoms with Crippen LogP contribution in [0.3, 0.4) is 0 Å². The zero-order valence-electron chi connectivity index (χ0n) is 16.1. The lowest BCUT2D eigenvalue weighted by atomic mass is 10.1. The molecule has 0 bridgehead atoms. The lowest BCUT2D eigenvalue weighted by Crippen LogP contribution is -2.13. The van der Waals surface area contributed by atoms with Crippen LogP contribution in [0.2, 0.25) is 0 Å². The van der Waals surface area contributed by atoms with Crippen LogP contribution in [-0.2, 0) is 0 Å². The highest BCUT2D eigenvalue weighted by Gasteiger charge is 2.11. The maximum absolute atomic E-state index is 12.5. The Balaban J connectivity index is 1.55. The number of amides is 1. The van der Waals surface area contributed by atoms with Gasteiger partial charge in [-0.25, -0.2) is 4.98 Å². The predicted octanol–water partition coefficient (Wildman–Crippen LogP) is 5.59. The second-order valence-corrected chi connectivity index (χ2v) is 7.94. The molecule has 3 aromatic carbocycles. The van der Waals surface area contributed by atoms with Crippen LogP contribution in [0.25, 0.3) is 20.8 Å². The van der Waals surface area contributed by atoms with E-state index in [0.29, 0.717) is 5.56 Å². The van der Waals surface area contributed by atoms with Crippen LogP contribution < -0.4 is 10.2 Å². The van der Waals surface area contributed by atoms with Gasteiger partial charge in [0.15, 0.2) is 0 Å². The van der Waals surface area contributed by atoms with Crippen LogP contribution in [0.5, 0.6) is 0 Å². The molecule has 5 heteroatoms. The highest BCUT2D eigenvalue weighted by atomic mass is 32.1. The maximum Gasteiger partial charge on any atom is 0.255 e. The summed E-state index contributed by atoms with van der Waals surface area (Å²) in [5, 5.41) is 3.98. The first-order chi connectivity index (χ1) is 13.5. The Morgan fingerprint density at radius 1 is 1.00 bits per heavy atom. The molecule has 0 atom stereocenters. The maximum atomic E-state index is 12.5. The number of hydrogen-bond donors (Lipinski definition) is 1. The summed E-state index contributed by atoms with van der Waals surface area (Å²) in [6, 6.07) is 21.7. The fraction of sp³-hybridized carbons (Fsp3) is 0.130. The third-order valence-electron chi connectivity index (χ3n) is 4.65. The molecule has 1 N–H and O–H groups in total. The van der Waals surface area contributed by atoms with Gasteiger partial charge in [0.05, 0.1) is 10.2 Å². The fourth-order valence-corrected chi connectivity index (χ4v) is 4.14. The Morgan fingerprint density at radius 2 is 1.75 bits per heavy atom. The smallest absolute Gasteiger partial charge is 0.255 e. The first-order valence-electron chi connectivity index (χ1n) is 9.06. The van der Waals surface area contributed by atoms with Crippen molar-refractivity contribution in [2.24, 2.45) is 0 Å². The van der Waals surface area contributed by atoms with Gasteiger partial charge in [-0.15, -0.1) is 11.3 Å². The van der Waals surface area contributed by atoms with E-state index in [0.717, 1.165) is 33.0 Å².